The molecule has 0 aliphatic carbocycles. The highest BCUT2D eigenvalue weighted by Crippen LogP contribution is 2.45. The van der Waals surface area contributed by atoms with E-state index in [1.807, 2.05) is 11.5 Å². The van der Waals surface area contributed by atoms with Crippen LogP contribution in [0.25, 0.3) is 27.7 Å². The third-order valence-electron chi connectivity index (χ3n) is 5.48. The standard InChI is InChI=1S/C25H21F2NO4/c1-14(13-32-2)23-21(15-3-5-16(6-4-15)25(30)31)22-20(12-11-19(27)24(22)29)28(23)18-9-7-17(26)8-10-18/h3-12,14,29H,13H2,1-2H3,(H,30,31). The van der Waals surface area contributed by atoms with Gasteiger partial charge in [0.1, 0.15) is 5.82 Å². The summed E-state index contributed by atoms with van der Waals surface area (Å²) in [4.78, 5) is 11.3. The van der Waals surface area contributed by atoms with Crippen LogP contribution in [0.15, 0.2) is 60.7 Å². The van der Waals surface area contributed by atoms with Crippen molar-refractivity contribution in [2.45, 2.75) is 12.8 Å². The molecule has 0 aliphatic heterocycles. The lowest BCUT2D eigenvalue weighted by Gasteiger charge is -2.18. The molecule has 0 aliphatic rings. The lowest BCUT2D eigenvalue weighted by molar-refractivity contribution is 0.0697. The number of benzene rings is 3. The van der Waals surface area contributed by atoms with Gasteiger partial charge in [0.2, 0.25) is 0 Å². The van der Waals surface area contributed by atoms with E-state index in [1.165, 1.54) is 30.3 Å². The number of phenols is 1. The lowest BCUT2D eigenvalue weighted by Crippen LogP contribution is -2.10. The highest BCUT2D eigenvalue weighted by Gasteiger charge is 2.27. The van der Waals surface area contributed by atoms with Crippen molar-refractivity contribution in [3.63, 3.8) is 0 Å². The summed E-state index contributed by atoms with van der Waals surface area (Å²) in [6.45, 7) is 2.27. The van der Waals surface area contributed by atoms with Gasteiger partial charge in [0.15, 0.2) is 11.6 Å². The van der Waals surface area contributed by atoms with Crippen LogP contribution in [-0.4, -0.2) is 34.5 Å². The van der Waals surface area contributed by atoms with E-state index in [1.54, 1.807) is 37.4 Å². The van der Waals surface area contributed by atoms with E-state index in [2.05, 4.69) is 0 Å². The van der Waals surface area contributed by atoms with Gasteiger partial charge in [-0.15, -0.1) is 0 Å². The van der Waals surface area contributed by atoms with E-state index in [9.17, 15) is 23.8 Å². The van der Waals surface area contributed by atoms with Crippen molar-refractivity contribution in [1.29, 1.82) is 0 Å². The van der Waals surface area contributed by atoms with Gasteiger partial charge in [-0.05, 0) is 54.1 Å². The summed E-state index contributed by atoms with van der Waals surface area (Å²) in [5, 5.41) is 20.2. The summed E-state index contributed by atoms with van der Waals surface area (Å²) in [7, 11) is 1.57. The fourth-order valence-electron chi connectivity index (χ4n) is 4.09. The molecular formula is C25H21F2NO4. The molecule has 1 aromatic heterocycles. The van der Waals surface area contributed by atoms with Gasteiger partial charge < -0.3 is 19.5 Å². The van der Waals surface area contributed by atoms with E-state index in [4.69, 9.17) is 4.74 Å². The average Bonchev–Trinajstić information content (AvgIpc) is 3.13. The quantitative estimate of drug-likeness (QED) is 0.404. The molecule has 164 valence electrons. The van der Waals surface area contributed by atoms with Crippen LogP contribution in [0.5, 0.6) is 5.75 Å². The number of hydrogen-bond acceptors (Lipinski definition) is 3. The number of rotatable bonds is 6. The number of carboxylic acid groups (broad SMARTS) is 1. The number of methoxy groups -OCH3 is 1. The van der Waals surface area contributed by atoms with Crippen molar-refractivity contribution in [2.24, 2.45) is 0 Å². The van der Waals surface area contributed by atoms with Crippen molar-refractivity contribution >= 4 is 16.9 Å². The topological polar surface area (TPSA) is 71.7 Å². The summed E-state index contributed by atoms with van der Waals surface area (Å²) >= 11 is 0. The summed E-state index contributed by atoms with van der Waals surface area (Å²) in [6.07, 6.45) is 0. The minimum atomic E-state index is -1.06. The summed E-state index contributed by atoms with van der Waals surface area (Å²) < 4.78 is 35.3. The number of carbonyl (C=O) groups is 1. The fraction of sp³-hybridized carbons (Fsp3) is 0.160. The molecule has 2 N–H and O–H groups in total. The Morgan fingerprint density at radius 2 is 1.69 bits per heavy atom. The van der Waals surface area contributed by atoms with Gasteiger partial charge in [0.25, 0.3) is 0 Å². The zero-order chi connectivity index (χ0) is 23.0. The number of aromatic hydroxyl groups is 1. The molecule has 3 aromatic carbocycles. The van der Waals surface area contributed by atoms with Crippen molar-refractivity contribution in [3.05, 3.63) is 83.6 Å². The van der Waals surface area contributed by atoms with Gasteiger partial charge in [-0.3, -0.25) is 0 Å². The van der Waals surface area contributed by atoms with Crippen LogP contribution in [0.1, 0.15) is 28.9 Å². The molecular weight excluding hydrogens is 416 g/mol. The molecule has 0 spiro atoms. The zero-order valence-electron chi connectivity index (χ0n) is 17.5. The lowest BCUT2D eigenvalue weighted by atomic mass is 9.95. The normalized spacial score (nSPS) is 12.2. The van der Waals surface area contributed by atoms with Gasteiger partial charge in [-0.25, -0.2) is 13.6 Å². The van der Waals surface area contributed by atoms with Crippen molar-refractivity contribution in [3.8, 4) is 22.6 Å². The number of aromatic nitrogens is 1. The molecule has 1 heterocycles. The molecule has 0 saturated heterocycles. The third kappa shape index (κ3) is 3.61. The average molecular weight is 437 g/mol. The Hall–Kier alpha value is -3.71. The molecule has 1 unspecified atom stereocenters. The van der Waals surface area contributed by atoms with E-state index in [0.29, 0.717) is 28.9 Å². The van der Waals surface area contributed by atoms with Gasteiger partial charge in [-0.1, -0.05) is 19.1 Å². The van der Waals surface area contributed by atoms with E-state index < -0.39 is 23.4 Å². The highest BCUT2D eigenvalue weighted by molar-refractivity contribution is 6.03. The minimum absolute atomic E-state index is 0.109. The molecule has 1 atom stereocenters. The second-order valence-electron chi connectivity index (χ2n) is 7.60. The van der Waals surface area contributed by atoms with Crippen LogP contribution in [0.4, 0.5) is 8.78 Å². The first-order chi connectivity index (χ1) is 15.3. The number of fused-ring (bicyclic) bond motifs is 1. The number of nitrogens with zero attached hydrogens (tertiary/aromatic N) is 1. The van der Waals surface area contributed by atoms with Crippen molar-refractivity contribution in [2.75, 3.05) is 13.7 Å². The van der Waals surface area contributed by atoms with Gasteiger partial charge in [0, 0.05) is 30.0 Å². The molecule has 5 nitrogen and oxygen atoms in total. The van der Waals surface area contributed by atoms with Crippen LogP contribution in [0, 0.1) is 11.6 Å². The number of aromatic carboxylic acids is 1. The number of halogens is 2. The molecule has 0 bridgehead atoms. The number of phenolic OH excluding ortho intramolecular Hbond substituents is 1. The smallest absolute Gasteiger partial charge is 0.335 e. The van der Waals surface area contributed by atoms with Crippen LogP contribution >= 0.6 is 0 Å². The first kappa shape index (κ1) is 21.5. The van der Waals surface area contributed by atoms with E-state index in [-0.39, 0.29) is 16.9 Å². The van der Waals surface area contributed by atoms with E-state index >= 15 is 0 Å². The highest BCUT2D eigenvalue weighted by atomic mass is 19.1. The van der Waals surface area contributed by atoms with E-state index in [0.717, 1.165) is 5.69 Å². The molecule has 4 rings (SSSR count). The molecule has 0 amide bonds. The molecule has 7 heteroatoms. The Kier molecular flexibility index (Phi) is 5.67. The zero-order valence-corrected chi connectivity index (χ0v) is 17.5. The molecule has 4 aromatic rings. The van der Waals surface area contributed by atoms with Crippen LogP contribution in [0.3, 0.4) is 0 Å². The van der Waals surface area contributed by atoms with Crippen molar-refractivity contribution < 1.29 is 28.5 Å². The number of hydrogen-bond donors (Lipinski definition) is 2. The molecule has 32 heavy (non-hydrogen) atoms. The maximum atomic E-state index is 14.4. The Balaban J connectivity index is 2.13. The van der Waals surface area contributed by atoms with Gasteiger partial charge in [-0.2, -0.15) is 0 Å². The van der Waals surface area contributed by atoms with Gasteiger partial charge in [0.05, 0.1) is 23.1 Å². The monoisotopic (exact) mass is 437 g/mol. The number of ether oxygens (including phenoxy) is 1. The minimum Gasteiger partial charge on any atom is -0.504 e. The Morgan fingerprint density at radius 3 is 2.28 bits per heavy atom. The first-order valence-electron chi connectivity index (χ1n) is 9.97. The SMILES string of the molecule is COCC(C)c1c(-c2ccc(C(=O)O)cc2)c2c(O)c(F)ccc2n1-c1ccc(F)cc1. The Labute approximate surface area is 183 Å². The first-order valence-corrected chi connectivity index (χ1v) is 9.97. The molecule has 0 saturated carbocycles. The summed E-state index contributed by atoms with van der Waals surface area (Å²) in [6, 6.07) is 14.8. The third-order valence-corrected chi connectivity index (χ3v) is 5.48. The molecule has 0 radical (unpaired) electrons. The summed E-state index contributed by atoms with van der Waals surface area (Å²) in [5.41, 5.74) is 3.16. The molecule has 0 fully saturated rings. The predicted octanol–water partition coefficient (Wildman–Crippen LogP) is 5.73. The van der Waals surface area contributed by atoms with Crippen LogP contribution in [0.2, 0.25) is 0 Å². The largest absolute Gasteiger partial charge is 0.504 e. The Morgan fingerprint density at radius 1 is 1.03 bits per heavy atom. The summed E-state index contributed by atoms with van der Waals surface area (Å²) in [5.74, 6) is -2.94. The Bertz CT molecular complexity index is 1290. The second kappa shape index (κ2) is 8.43. The second-order valence-corrected chi connectivity index (χ2v) is 7.60. The van der Waals surface area contributed by atoms with Gasteiger partial charge >= 0.3 is 5.97 Å². The number of carboxylic acids is 1. The fourth-order valence-corrected chi connectivity index (χ4v) is 4.09. The maximum absolute atomic E-state index is 14.4. The predicted molar refractivity (Wildman–Crippen MR) is 118 cm³/mol. The van der Waals surface area contributed by atoms with Crippen LogP contribution in [-0.2, 0) is 4.74 Å². The van der Waals surface area contributed by atoms with Crippen molar-refractivity contribution in [1.82, 2.24) is 4.57 Å². The maximum Gasteiger partial charge on any atom is 0.335 e. The van der Waals surface area contributed by atoms with Crippen LogP contribution < -0.4 is 0 Å².